The van der Waals surface area contributed by atoms with Gasteiger partial charge in [-0.05, 0) is 17.2 Å². The largest absolute Gasteiger partial charge is 0.353 e. The molecule has 152 valence electrons. The number of para-hydroxylation sites is 1. The van der Waals surface area contributed by atoms with Crippen molar-refractivity contribution in [2.24, 2.45) is 0 Å². The van der Waals surface area contributed by atoms with Gasteiger partial charge in [0.1, 0.15) is 5.82 Å². The first-order valence-electron chi connectivity index (χ1n) is 10.9. The SMILES string of the molecule is O=C1c2ccccc2-c2c(N3CCN(Cc4ccccc4)CC3)nc3ccccc3c21. The second-order valence-electron chi connectivity index (χ2n) is 8.33. The van der Waals surface area contributed by atoms with Gasteiger partial charge in [-0.3, -0.25) is 9.69 Å². The van der Waals surface area contributed by atoms with E-state index in [1.165, 1.54) is 5.56 Å². The molecule has 0 atom stereocenters. The molecule has 0 amide bonds. The van der Waals surface area contributed by atoms with Crippen LogP contribution in [-0.4, -0.2) is 41.8 Å². The summed E-state index contributed by atoms with van der Waals surface area (Å²) in [5.74, 6) is 1.07. The quantitative estimate of drug-likeness (QED) is 0.433. The minimum atomic E-state index is 0.119. The Balaban J connectivity index is 1.38. The number of hydrogen-bond acceptors (Lipinski definition) is 4. The molecule has 4 heteroatoms. The lowest BCUT2D eigenvalue weighted by molar-refractivity contribution is 0.104. The molecule has 4 aromatic rings. The Bertz CT molecular complexity index is 1290. The van der Waals surface area contributed by atoms with Gasteiger partial charge >= 0.3 is 0 Å². The van der Waals surface area contributed by atoms with E-state index in [9.17, 15) is 4.79 Å². The topological polar surface area (TPSA) is 36.4 Å². The van der Waals surface area contributed by atoms with E-state index in [0.717, 1.165) is 71.7 Å². The second-order valence-corrected chi connectivity index (χ2v) is 8.33. The molecule has 1 fully saturated rings. The Morgan fingerprint density at radius 2 is 1.39 bits per heavy atom. The zero-order valence-electron chi connectivity index (χ0n) is 17.3. The number of hydrogen-bond donors (Lipinski definition) is 0. The number of benzene rings is 3. The molecule has 0 bridgehead atoms. The predicted octanol–water partition coefficient (Wildman–Crippen LogP) is 4.77. The van der Waals surface area contributed by atoms with Crippen LogP contribution in [-0.2, 0) is 6.54 Å². The van der Waals surface area contributed by atoms with Gasteiger partial charge in [0.2, 0.25) is 0 Å². The van der Waals surface area contributed by atoms with E-state index in [4.69, 9.17) is 4.98 Å². The van der Waals surface area contributed by atoms with Crippen molar-refractivity contribution >= 4 is 22.5 Å². The van der Waals surface area contributed by atoms with Crippen molar-refractivity contribution in [1.82, 2.24) is 9.88 Å². The number of aromatic nitrogens is 1. The monoisotopic (exact) mass is 405 g/mol. The van der Waals surface area contributed by atoms with Crippen LogP contribution in [0.25, 0.3) is 22.0 Å². The van der Waals surface area contributed by atoms with Gasteiger partial charge in [0.25, 0.3) is 0 Å². The van der Waals surface area contributed by atoms with Crippen LogP contribution in [0.2, 0.25) is 0 Å². The summed E-state index contributed by atoms with van der Waals surface area (Å²) < 4.78 is 0. The molecule has 3 aromatic carbocycles. The predicted molar refractivity (Wildman–Crippen MR) is 125 cm³/mol. The maximum absolute atomic E-state index is 13.3. The zero-order valence-corrected chi connectivity index (χ0v) is 17.3. The van der Waals surface area contributed by atoms with Gasteiger partial charge < -0.3 is 4.90 Å². The number of anilines is 1. The van der Waals surface area contributed by atoms with Gasteiger partial charge in [0.15, 0.2) is 5.78 Å². The minimum absolute atomic E-state index is 0.119. The maximum Gasteiger partial charge on any atom is 0.195 e. The summed E-state index contributed by atoms with van der Waals surface area (Å²) in [5.41, 5.74) is 5.87. The molecular formula is C27H23N3O. The highest BCUT2D eigenvalue weighted by molar-refractivity contribution is 6.28. The first-order valence-corrected chi connectivity index (χ1v) is 10.9. The van der Waals surface area contributed by atoms with Gasteiger partial charge in [-0.2, -0.15) is 0 Å². The molecule has 1 aliphatic heterocycles. The molecule has 0 unspecified atom stereocenters. The molecule has 0 radical (unpaired) electrons. The lowest BCUT2D eigenvalue weighted by atomic mass is 10.0. The highest BCUT2D eigenvalue weighted by Gasteiger charge is 2.34. The summed E-state index contributed by atoms with van der Waals surface area (Å²) in [4.78, 5) is 23.3. The molecule has 1 saturated heterocycles. The molecule has 2 heterocycles. The smallest absolute Gasteiger partial charge is 0.195 e. The minimum Gasteiger partial charge on any atom is -0.353 e. The first kappa shape index (κ1) is 18.3. The van der Waals surface area contributed by atoms with Crippen molar-refractivity contribution in [3.63, 3.8) is 0 Å². The Kier molecular flexibility index (Phi) is 4.32. The van der Waals surface area contributed by atoms with Crippen LogP contribution in [0.4, 0.5) is 5.82 Å². The van der Waals surface area contributed by atoms with Gasteiger partial charge in [-0.15, -0.1) is 0 Å². The summed E-state index contributed by atoms with van der Waals surface area (Å²) in [5, 5.41) is 0.949. The highest BCUT2D eigenvalue weighted by atomic mass is 16.1. The summed E-state index contributed by atoms with van der Waals surface area (Å²) in [6.45, 7) is 4.74. The van der Waals surface area contributed by atoms with Crippen molar-refractivity contribution < 1.29 is 4.79 Å². The van der Waals surface area contributed by atoms with Crippen molar-refractivity contribution in [3.8, 4) is 11.1 Å². The van der Waals surface area contributed by atoms with Crippen LogP contribution in [0.3, 0.4) is 0 Å². The fourth-order valence-electron chi connectivity index (χ4n) is 4.91. The van der Waals surface area contributed by atoms with E-state index >= 15 is 0 Å². The van der Waals surface area contributed by atoms with Crippen molar-refractivity contribution in [1.29, 1.82) is 0 Å². The number of fused-ring (bicyclic) bond motifs is 5. The van der Waals surface area contributed by atoms with Crippen LogP contribution in [0.15, 0.2) is 78.9 Å². The number of carbonyl (C=O) groups is 1. The molecule has 1 aliphatic carbocycles. The summed E-state index contributed by atoms with van der Waals surface area (Å²) in [7, 11) is 0. The van der Waals surface area contributed by atoms with E-state index in [1.54, 1.807) is 0 Å². The molecule has 0 saturated carbocycles. The Labute approximate surface area is 181 Å². The third-order valence-electron chi connectivity index (χ3n) is 6.46. The van der Waals surface area contributed by atoms with Gasteiger partial charge in [-0.1, -0.05) is 72.8 Å². The third kappa shape index (κ3) is 3.03. The average molecular weight is 406 g/mol. The Hall–Kier alpha value is -3.50. The van der Waals surface area contributed by atoms with Crippen molar-refractivity contribution in [2.45, 2.75) is 6.54 Å². The van der Waals surface area contributed by atoms with E-state index in [0.29, 0.717) is 0 Å². The summed E-state index contributed by atoms with van der Waals surface area (Å²) in [6, 6.07) is 26.6. The normalized spacial score (nSPS) is 15.9. The molecule has 1 aromatic heterocycles. The average Bonchev–Trinajstić information content (AvgIpc) is 3.13. The molecule has 4 nitrogen and oxygen atoms in total. The van der Waals surface area contributed by atoms with Crippen LogP contribution < -0.4 is 4.90 Å². The second kappa shape index (κ2) is 7.33. The van der Waals surface area contributed by atoms with Crippen molar-refractivity contribution in [2.75, 3.05) is 31.1 Å². The Morgan fingerprint density at radius 1 is 0.710 bits per heavy atom. The van der Waals surface area contributed by atoms with Gasteiger partial charge in [0, 0.05) is 54.8 Å². The van der Waals surface area contributed by atoms with E-state index < -0.39 is 0 Å². The van der Waals surface area contributed by atoms with Gasteiger partial charge in [0.05, 0.1) is 5.52 Å². The number of pyridine rings is 1. The lowest BCUT2D eigenvalue weighted by Crippen LogP contribution is -2.46. The number of rotatable bonds is 3. The molecule has 2 aliphatic rings. The molecular weight excluding hydrogens is 382 g/mol. The van der Waals surface area contributed by atoms with Crippen LogP contribution in [0.5, 0.6) is 0 Å². The zero-order chi connectivity index (χ0) is 20.8. The highest BCUT2D eigenvalue weighted by Crippen LogP contribution is 2.45. The van der Waals surface area contributed by atoms with E-state index in [-0.39, 0.29) is 5.78 Å². The summed E-state index contributed by atoms with van der Waals surface area (Å²) >= 11 is 0. The van der Waals surface area contributed by atoms with Crippen LogP contribution in [0.1, 0.15) is 21.5 Å². The molecule has 6 rings (SSSR count). The van der Waals surface area contributed by atoms with Crippen molar-refractivity contribution in [3.05, 3.63) is 95.6 Å². The number of nitrogens with zero attached hydrogens (tertiary/aromatic N) is 3. The maximum atomic E-state index is 13.3. The summed E-state index contributed by atoms with van der Waals surface area (Å²) in [6.07, 6.45) is 0. The van der Waals surface area contributed by atoms with Crippen LogP contribution >= 0.6 is 0 Å². The number of carbonyl (C=O) groups excluding carboxylic acids is 1. The molecule has 0 spiro atoms. The number of ketones is 1. The third-order valence-corrected chi connectivity index (χ3v) is 6.46. The fourth-order valence-corrected chi connectivity index (χ4v) is 4.91. The van der Waals surface area contributed by atoms with Gasteiger partial charge in [-0.25, -0.2) is 4.98 Å². The Morgan fingerprint density at radius 3 is 2.19 bits per heavy atom. The molecule has 0 N–H and O–H groups in total. The molecule has 31 heavy (non-hydrogen) atoms. The van der Waals surface area contributed by atoms with E-state index in [1.807, 2.05) is 42.5 Å². The van der Waals surface area contributed by atoms with E-state index in [2.05, 4.69) is 46.2 Å². The standard InChI is InChI=1S/C27H23N3O/c31-26-21-11-5-4-10-20(21)25-24(26)22-12-6-7-13-23(22)28-27(25)30-16-14-29(15-17-30)18-19-8-2-1-3-9-19/h1-13H,14-18H2. The fraction of sp³-hybridized carbons (Fsp3) is 0.185. The lowest BCUT2D eigenvalue weighted by Gasteiger charge is -2.36. The van der Waals surface area contributed by atoms with Crippen LogP contribution in [0, 0.1) is 0 Å². The first-order chi connectivity index (χ1) is 15.3. The number of piperazine rings is 1.